The van der Waals surface area contributed by atoms with E-state index in [1.54, 1.807) is 12.3 Å². The summed E-state index contributed by atoms with van der Waals surface area (Å²) < 4.78 is 28.7. The van der Waals surface area contributed by atoms with Crippen LogP contribution in [0.2, 0.25) is 0 Å². The highest BCUT2D eigenvalue weighted by Crippen LogP contribution is 2.36. The van der Waals surface area contributed by atoms with Crippen LogP contribution in [0.1, 0.15) is 31.5 Å². The molecule has 1 aromatic carbocycles. The Morgan fingerprint density at radius 3 is 2.62 bits per heavy atom. The molecule has 4 aromatic rings. The Bertz CT molecular complexity index is 985. The van der Waals surface area contributed by atoms with Crippen LogP contribution in [0.4, 0.5) is 8.78 Å². The first-order valence-electron chi connectivity index (χ1n) is 7.83. The molecule has 0 saturated carbocycles. The molecule has 6 heteroatoms. The molecule has 124 valence electrons. The van der Waals surface area contributed by atoms with Gasteiger partial charge in [0.2, 0.25) is 0 Å². The van der Waals surface area contributed by atoms with Crippen LogP contribution in [0.15, 0.2) is 42.9 Å². The maximum Gasteiger partial charge on any atom is 0.264 e. The first-order valence-corrected chi connectivity index (χ1v) is 7.83. The molecule has 0 bridgehead atoms. The van der Waals surface area contributed by atoms with Gasteiger partial charge in [-0.25, -0.2) is 13.8 Å². The van der Waals surface area contributed by atoms with Crippen molar-refractivity contribution in [1.82, 2.24) is 19.6 Å². The molecular weight excluding hydrogens is 310 g/mol. The lowest BCUT2D eigenvalue weighted by Gasteiger charge is -2.11. The van der Waals surface area contributed by atoms with Crippen LogP contribution in [0.25, 0.3) is 27.7 Å². The van der Waals surface area contributed by atoms with Crippen LogP contribution in [0.3, 0.4) is 0 Å². The van der Waals surface area contributed by atoms with Crippen molar-refractivity contribution in [3.63, 3.8) is 0 Å². The highest BCUT2D eigenvalue weighted by molar-refractivity contribution is 5.96. The number of hydrogen-bond donors (Lipinski definition) is 1. The van der Waals surface area contributed by atoms with E-state index in [0.717, 1.165) is 16.9 Å². The third kappa shape index (κ3) is 2.64. The zero-order valence-electron chi connectivity index (χ0n) is 13.7. The molecule has 0 amide bonds. The van der Waals surface area contributed by atoms with Crippen LogP contribution in [-0.2, 0) is 0 Å². The molecule has 4 rings (SSSR count). The van der Waals surface area contributed by atoms with E-state index in [2.05, 4.69) is 15.2 Å². The minimum atomic E-state index is -2.55. The van der Waals surface area contributed by atoms with Gasteiger partial charge in [-0.3, -0.25) is 5.10 Å². The molecule has 0 aliphatic carbocycles. The molecule has 0 spiro atoms. The van der Waals surface area contributed by atoms with E-state index in [-0.39, 0.29) is 5.56 Å². The summed E-state index contributed by atoms with van der Waals surface area (Å²) in [5.74, 6) is 0. The second-order valence-corrected chi connectivity index (χ2v) is 5.23. The lowest BCUT2D eigenvalue weighted by molar-refractivity contribution is 0.152. The van der Waals surface area contributed by atoms with Gasteiger partial charge in [0.1, 0.15) is 5.65 Å². The molecule has 3 heterocycles. The van der Waals surface area contributed by atoms with Crippen molar-refractivity contribution >= 4 is 16.6 Å². The van der Waals surface area contributed by atoms with E-state index < -0.39 is 6.43 Å². The maximum atomic E-state index is 13.4. The number of aryl methyl sites for hydroxylation is 1. The number of rotatable bonds is 2. The minimum absolute atomic E-state index is 0.00471. The van der Waals surface area contributed by atoms with Crippen molar-refractivity contribution in [3.05, 3.63) is 54.1 Å². The van der Waals surface area contributed by atoms with Crippen LogP contribution < -0.4 is 0 Å². The fourth-order valence-electron chi connectivity index (χ4n) is 2.80. The fourth-order valence-corrected chi connectivity index (χ4v) is 2.80. The SMILES string of the molecule is CC.Cc1cn2cc(-c3c(C(F)F)ccc4[nH]ncc34)ccc2n1. The number of nitrogens with zero attached hydrogens (tertiary/aromatic N) is 3. The molecule has 3 aromatic heterocycles. The summed E-state index contributed by atoms with van der Waals surface area (Å²) in [6.07, 6.45) is 2.73. The predicted octanol–water partition coefficient (Wildman–Crippen LogP) is 5.15. The molecule has 0 saturated heterocycles. The molecule has 1 N–H and O–H groups in total. The standard InChI is InChI=1S/C16H12F2N4.C2H6/c1-9-7-22-8-10(2-5-14(22)20-9)15-11(16(17)18)3-4-13-12(15)6-19-21-13;1-2/h2-8,16H,1H3,(H,19,21);1-2H3. The number of pyridine rings is 1. The summed E-state index contributed by atoms with van der Waals surface area (Å²) in [5.41, 5.74) is 3.64. The summed E-state index contributed by atoms with van der Waals surface area (Å²) in [5, 5.41) is 7.48. The lowest BCUT2D eigenvalue weighted by Crippen LogP contribution is -1.93. The molecule has 0 aliphatic heterocycles. The fraction of sp³-hybridized carbons (Fsp3) is 0.222. The smallest absolute Gasteiger partial charge is 0.264 e. The van der Waals surface area contributed by atoms with Gasteiger partial charge in [0, 0.05) is 28.9 Å². The molecule has 0 radical (unpaired) electrons. The number of benzene rings is 1. The molecular formula is C18H18F2N4. The Kier molecular flexibility index (Phi) is 4.29. The minimum Gasteiger partial charge on any atom is -0.306 e. The summed E-state index contributed by atoms with van der Waals surface area (Å²) in [6, 6.07) is 6.73. The largest absolute Gasteiger partial charge is 0.306 e. The third-order valence-electron chi connectivity index (χ3n) is 3.75. The van der Waals surface area contributed by atoms with Crippen LogP contribution in [0, 0.1) is 6.92 Å². The van der Waals surface area contributed by atoms with E-state index in [1.807, 2.05) is 49.7 Å². The van der Waals surface area contributed by atoms with Crippen LogP contribution in [0.5, 0.6) is 0 Å². The third-order valence-corrected chi connectivity index (χ3v) is 3.75. The van der Waals surface area contributed by atoms with Crippen molar-refractivity contribution in [1.29, 1.82) is 0 Å². The maximum absolute atomic E-state index is 13.4. The highest BCUT2D eigenvalue weighted by atomic mass is 19.3. The van der Waals surface area contributed by atoms with Gasteiger partial charge in [-0.05, 0) is 30.7 Å². The van der Waals surface area contributed by atoms with Crippen LogP contribution in [-0.4, -0.2) is 19.6 Å². The van der Waals surface area contributed by atoms with Gasteiger partial charge >= 0.3 is 0 Å². The summed E-state index contributed by atoms with van der Waals surface area (Å²) in [7, 11) is 0. The second kappa shape index (κ2) is 6.39. The zero-order chi connectivity index (χ0) is 17.3. The van der Waals surface area contributed by atoms with Crippen LogP contribution >= 0.6 is 0 Å². The average molecular weight is 328 g/mol. The van der Waals surface area contributed by atoms with Gasteiger partial charge in [-0.15, -0.1) is 0 Å². The van der Waals surface area contributed by atoms with Crippen molar-refractivity contribution in [2.75, 3.05) is 0 Å². The summed E-state index contributed by atoms with van der Waals surface area (Å²) in [4.78, 5) is 4.35. The number of H-pyrrole nitrogens is 1. The monoisotopic (exact) mass is 328 g/mol. The lowest BCUT2D eigenvalue weighted by atomic mass is 9.97. The first kappa shape index (κ1) is 16.1. The topological polar surface area (TPSA) is 46.0 Å². The van der Waals surface area contributed by atoms with Crippen molar-refractivity contribution < 1.29 is 8.78 Å². The molecule has 4 nitrogen and oxygen atoms in total. The molecule has 0 atom stereocenters. The molecule has 0 unspecified atom stereocenters. The van der Waals surface area contributed by atoms with Gasteiger partial charge in [-0.1, -0.05) is 19.9 Å². The molecule has 24 heavy (non-hydrogen) atoms. The van der Waals surface area contributed by atoms with Crippen molar-refractivity contribution in [2.24, 2.45) is 0 Å². The van der Waals surface area contributed by atoms with Gasteiger partial charge in [0.15, 0.2) is 0 Å². The number of fused-ring (bicyclic) bond motifs is 2. The van der Waals surface area contributed by atoms with Crippen molar-refractivity contribution in [2.45, 2.75) is 27.2 Å². The van der Waals surface area contributed by atoms with Gasteiger partial charge in [-0.2, -0.15) is 5.10 Å². The van der Waals surface area contributed by atoms with E-state index in [4.69, 9.17) is 0 Å². The van der Waals surface area contributed by atoms with Gasteiger partial charge in [0.05, 0.1) is 17.4 Å². The number of imidazole rings is 1. The first-order chi connectivity index (χ1) is 11.6. The Balaban J connectivity index is 0.000000815. The number of nitrogens with one attached hydrogen (secondary N) is 1. The molecule has 0 fully saturated rings. The Morgan fingerprint density at radius 1 is 1.08 bits per heavy atom. The normalized spacial score (nSPS) is 11.1. The number of aromatic nitrogens is 4. The van der Waals surface area contributed by atoms with E-state index in [1.165, 1.54) is 6.07 Å². The number of hydrogen-bond acceptors (Lipinski definition) is 2. The Labute approximate surface area is 138 Å². The van der Waals surface area contributed by atoms with E-state index >= 15 is 0 Å². The predicted molar refractivity (Wildman–Crippen MR) is 91.3 cm³/mol. The zero-order valence-corrected chi connectivity index (χ0v) is 13.7. The van der Waals surface area contributed by atoms with E-state index in [9.17, 15) is 8.78 Å². The quantitative estimate of drug-likeness (QED) is 0.553. The number of alkyl halides is 2. The van der Waals surface area contributed by atoms with Crippen molar-refractivity contribution in [3.8, 4) is 11.1 Å². The average Bonchev–Trinajstić information content (AvgIpc) is 3.19. The number of halogens is 2. The van der Waals surface area contributed by atoms with Gasteiger partial charge < -0.3 is 4.40 Å². The molecule has 0 aliphatic rings. The second-order valence-electron chi connectivity index (χ2n) is 5.23. The number of aromatic amines is 1. The van der Waals surface area contributed by atoms with E-state index in [0.29, 0.717) is 16.5 Å². The highest BCUT2D eigenvalue weighted by Gasteiger charge is 2.18. The van der Waals surface area contributed by atoms with Gasteiger partial charge in [0.25, 0.3) is 6.43 Å². The Morgan fingerprint density at radius 2 is 1.88 bits per heavy atom. The summed E-state index contributed by atoms with van der Waals surface area (Å²) >= 11 is 0. The summed E-state index contributed by atoms with van der Waals surface area (Å²) in [6.45, 7) is 5.90. The Hall–Kier alpha value is -2.76.